The van der Waals surface area contributed by atoms with Crippen molar-refractivity contribution in [2.75, 3.05) is 11.6 Å². The van der Waals surface area contributed by atoms with Crippen molar-refractivity contribution in [3.8, 4) is 0 Å². The minimum absolute atomic E-state index is 0.0626. The number of carbonyl (C=O) groups is 2. The predicted molar refractivity (Wildman–Crippen MR) is 141 cm³/mol. The molecule has 0 saturated carbocycles. The number of sulfone groups is 1. The number of halogens is 6. The van der Waals surface area contributed by atoms with Crippen molar-refractivity contribution in [3.05, 3.63) is 65.0 Å². The number of nitrogens with zero attached hydrogens (tertiary/aromatic N) is 5. The van der Waals surface area contributed by atoms with Crippen LogP contribution in [0.25, 0.3) is 0 Å². The maximum Gasteiger partial charge on any atom is 0.414 e. The van der Waals surface area contributed by atoms with E-state index in [1.807, 2.05) is 0 Å². The highest BCUT2D eigenvalue weighted by Gasteiger charge is 2.75. The molecule has 4 rings (SSSR count). The summed E-state index contributed by atoms with van der Waals surface area (Å²) >= 11 is 0. The second-order valence-electron chi connectivity index (χ2n) is 11.1. The molecule has 0 saturated heterocycles. The van der Waals surface area contributed by atoms with Crippen LogP contribution in [-0.2, 0) is 38.4 Å². The highest BCUT2D eigenvalue weighted by atomic mass is 32.2. The number of nitrogens with one attached hydrogen (secondary N) is 1. The van der Waals surface area contributed by atoms with Crippen molar-refractivity contribution < 1.29 is 49.1 Å². The van der Waals surface area contributed by atoms with Crippen LogP contribution < -0.4 is 5.32 Å². The Hall–Kier alpha value is -4.22. The highest BCUT2D eigenvalue weighted by molar-refractivity contribution is 7.90. The summed E-state index contributed by atoms with van der Waals surface area (Å²) in [5.74, 6) is -2.52. The number of hydrogen-bond donors (Lipinski definition) is 1. The van der Waals surface area contributed by atoms with Crippen molar-refractivity contribution >= 4 is 27.5 Å². The predicted octanol–water partition coefficient (Wildman–Crippen LogP) is 4.45. The van der Waals surface area contributed by atoms with Crippen molar-refractivity contribution in [1.29, 1.82) is 0 Å². The van der Waals surface area contributed by atoms with Gasteiger partial charge < -0.3 is 10.1 Å². The van der Waals surface area contributed by atoms with Gasteiger partial charge in [0.2, 0.25) is 11.2 Å². The van der Waals surface area contributed by atoms with Crippen LogP contribution in [0.4, 0.5) is 36.8 Å². The molecule has 2 heterocycles. The number of amides is 2. The second-order valence-corrected chi connectivity index (χ2v) is 13.1. The number of tetrazole rings is 1. The van der Waals surface area contributed by atoms with Gasteiger partial charge in [0.25, 0.3) is 5.91 Å². The van der Waals surface area contributed by atoms with E-state index in [0.717, 1.165) is 30.3 Å². The largest absolute Gasteiger partial charge is 0.444 e. The lowest BCUT2D eigenvalue weighted by atomic mass is 9.78. The molecule has 0 spiro atoms. The van der Waals surface area contributed by atoms with E-state index in [2.05, 4.69) is 20.7 Å². The number of hydrogen-bond acceptors (Lipinski definition) is 8. The molecule has 0 fully saturated rings. The summed E-state index contributed by atoms with van der Waals surface area (Å²) in [4.78, 5) is 28.0. The Morgan fingerprint density at radius 2 is 1.57 bits per heavy atom. The molecule has 1 unspecified atom stereocenters. The molecule has 11 nitrogen and oxygen atoms in total. The van der Waals surface area contributed by atoms with E-state index < -0.39 is 62.6 Å². The second kappa shape index (κ2) is 10.7. The van der Waals surface area contributed by atoms with Gasteiger partial charge in [-0.2, -0.15) is 31.1 Å². The molecule has 0 radical (unpaired) electrons. The van der Waals surface area contributed by atoms with E-state index in [9.17, 15) is 44.3 Å². The fourth-order valence-corrected chi connectivity index (χ4v) is 5.42. The van der Waals surface area contributed by atoms with Crippen LogP contribution in [0.1, 0.15) is 49.3 Å². The lowest BCUT2D eigenvalue weighted by Crippen LogP contribution is -2.55. The number of alkyl halides is 6. The molecule has 2 amide bonds. The summed E-state index contributed by atoms with van der Waals surface area (Å²) in [5.41, 5.74) is -6.51. The Morgan fingerprint density at radius 1 is 0.977 bits per heavy atom. The Balaban J connectivity index is 1.72. The zero-order valence-corrected chi connectivity index (χ0v) is 24.6. The van der Waals surface area contributed by atoms with Crippen LogP contribution in [-0.4, -0.2) is 69.7 Å². The fraction of sp³-hybridized carbons (Fsp3) is 0.423. The summed E-state index contributed by atoms with van der Waals surface area (Å²) in [5, 5.41) is 11.8. The summed E-state index contributed by atoms with van der Waals surface area (Å²) in [6.45, 7) is 4.55. The van der Waals surface area contributed by atoms with E-state index in [1.165, 1.54) is 18.2 Å². The number of aromatic nitrogens is 4. The number of rotatable bonds is 5. The summed E-state index contributed by atoms with van der Waals surface area (Å²) in [7, 11) is -2.63. The number of benzene rings is 2. The first-order valence-corrected chi connectivity index (χ1v) is 14.6. The minimum Gasteiger partial charge on any atom is -0.444 e. The van der Waals surface area contributed by atoms with Gasteiger partial charge in [-0.05, 0) is 66.9 Å². The monoisotopic (exact) mass is 648 g/mol. The van der Waals surface area contributed by atoms with Crippen LogP contribution in [0.3, 0.4) is 0 Å². The van der Waals surface area contributed by atoms with Crippen LogP contribution in [0.15, 0.2) is 47.4 Å². The summed E-state index contributed by atoms with van der Waals surface area (Å²) in [6, 6.07) is 5.24. The lowest BCUT2D eigenvalue weighted by Gasteiger charge is -2.35. The number of ether oxygens (including phenoxy) is 1. The molecule has 0 bridgehead atoms. The maximum atomic E-state index is 14.3. The first kappa shape index (κ1) is 32.7. The van der Waals surface area contributed by atoms with Gasteiger partial charge in [-0.3, -0.25) is 9.69 Å². The minimum atomic E-state index is -5.94. The quantitative estimate of drug-likeness (QED) is 0.401. The molecule has 44 heavy (non-hydrogen) atoms. The fourth-order valence-electron chi connectivity index (χ4n) is 4.75. The number of aryl methyl sites for hydroxylation is 1. The standard InChI is InChI=1S/C26H26F6N6O5S/c1-23(2,3)43-22(40)38-13-14-12-17(44(5,41)42)10-11-18(14)19(38)20(39)33-16-8-6-15(7-9-16)24(25(27,28)29,26(30,31)32)21-34-36-37(4)35-21/h6-12,19H,13H2,1-5H3,(H,33,39). The van der Waals surface area contributed by atoms with Gasteiger partial charge in [-0.15, -0.1) is 10.2 Å². The van der Waals surface area contributed by atoms with Gasteiger partial charge in [0.15, 0.2) is 9.84 Å². The van der Waals surface area contributed by atoms with Gasteiger partial charge in [-0.25, -0.2) is 13.2 Å². The Morgan fingerprint density at radius 3 is 2.05 bits per heavy atom. The van der Waals surface area contributed by atoms with Crippen molar-refractivity contribution in [1.82, 2.24) is 25.1 Å². The van der Waals surface area contributed by atoms with E-state index in [1.54, 1.807) is 20.8 Å². The first-order chi connectivity index (χ1) is 20.1. The SMILES string of the molecule is Cn1nnc(C(c2ccc(NC(=O)C3c4ccc(S(C)(=O)=O)cc4CN3C(=O)OC(C)(C)C)cc2)(C(F)(F)F)C(F)(F)F)n1. The van der Waals surface area contributed by atoms with Crippen molar-refractivity contribution in [2.45, 2.75) is 61.6 Å². The van der Waals surface area contributed by atoms with Crippen LogP contribution >= 0.6 is 0 Å². The van der Waals surface area contributed by atoms with Crippen molar-refractivity contribution in [3.63, 3.8) is 0 Å². The number of anilines is 1. The average molecular weight is 649 g/mol. The molecule has 1 atom stereocenters. The van der Waals surface area contributed by atoms with E-state index >= 15 is 0 Å². The van der Waals surface area contributed by atoms with E-state index in [4.69, 9.17) is 4.74 Å². The normalized spacial score (nSPS) is 16.1. The molecular formula is C26H26F6N6O5S. The molecule has 2 aromatic carbocycles. The van der Waals surface area contributed by atoms with Crippen LogP contribution in [0, 0.1) is 0 Å². The Bertz CT molecular complexity index is 1680. The molecule has 3 aromatic rings. The number of carbonyl (C=O) groups excluding carboxylic acids is 2. The van der Waals surface area contributed by atoms with Gasteiger partial charge in [0, 0.05) is 11.9 Å². The number of fused-ring (bicyclic) bond motifs is 1. The molecule has 1 aromatic heterocycles. The summed E-state index contributed by atoms with van der Waals surface area (Å²) in [6.07, 6.45) is -11.8. The molecular weight excluding hydrogens is 622 g/mol. The molecule has 1 aliphatic heterocycles. The zero-order valence-electron chi connectivity index (χ0n) is 23.8. The van der Waals surface area contributed by atoms with Crippen molar-refractivity contribution in [2.24, 2.45) is 7.05 Å². The summed E-state index contributed by atoms with van der Waals surface area (Å²) < 4.78 is 115. The van der Waals surface area contributed by atoms with Gasteiger partial charge in [-0.1, -0.05) is 18.2 Å². The maximum absolute atomic E-state index is 14.3. The van der Waals surface area contributed by atoms with Gasteiger partial charge in [0.1, 0.15) is 11.6 Å². The van der Waals surface area contributed by atoms with E-state index in [-0.39, 0.29) is 22.7 Å². The third-order valence-electron chi connectivity index (χ3n) is 6.65. The smallest absolute Gasteiger partial charge is 0.414 e. The molecule has 18 heteroatoms. The topological polar surface area (TPSA) is 136 Å². The van der Waals surface area contributed by atoms with Crippen LogP contribution in [0.2, 0.25) is 0 Å². The Kier molecular flexibility index (Phi) is 7.98. The molecule has 238 valence electrons. The Labute approximate surface area is 247 Å². The highest BCUT2D eigenvalue weighted by Crippen LogP contribution is 2.55. The van der Waals surface area contributed by atoms with Gasteiger partial charge >= 0.3 is 18.4 Å². The molecule has 1 N–H and O–H groups in total. The average Bonchev–Trinajstić information content (AvgIpc) is 3.45. The first-order valence-electron chi connectivity index (χ1n) is 12.7. The molecule has 0 aliphatic carbocycles. The molecule has 1 aliphatic rings. The van der Waals surface area contributed by atoms with Crippen LogP contribution in [0.5, 0.6) is 0 Å². The van der Waals surface area contributed by atoms with Gasteiger partial charge in [0.05, 0.1) is 18.5 Å². The van der Waals surface area contributed by atoms with E-state index in [0.29, 0.717) is 22.5 Å². The lowest BCUT2D eigenvalue weighted by molar-refractivity contribution is -0.291. The third-order valence-corrected chi connectivity index (χ3v) is 7.76. The third kappa shape index (κ3) is 5.94. The zero-order chi connectivity index (χ0) is 33.0.